The minimum atomic E-state index is -4.28. The second-order valence-corrected chi connectivity index (χ2v) is 8.73. The molecule has 32 heavy (non-hydrogen) atoms. The SMILES string of the molecule is O=C(N1CC(c2ccc(N3CC(OCC(F)(F)F)C3)cc2)C1)N1CC[C@H](n2cnnc2)C1. The maximum absolute atomic E-state index is 12.8. The van der Waals surface area contributed by atoms with Crippen LogP contribution in [-0.4, -0.2) is 88.8 Å². The summed E-state index contributed by atoms with van der Waals surface area (Å²) in [5.74, 6) is 0.309. The molecule has 172 valence electrons. The van der Waals surface area contributed by atoms with Crippen molar-refractivity contribution in [2.75, 3.05) is 50.8 Å². The number of carbonyl (C=O) groups excluding carboxylic acids is 1. The molecule has 1 aromatic carbocycles. The topological polar surface area (TPSA) is 66.7 Å². The lowest BCUT2D eigenvalue weighted by Crippen LogP contribution is -2.53. The molecule has 0 aliphatic carbocycles. The molecule has 2 aromatic rings. The number of carbonyl (C=O) groups is 1. The predicted molar refractivity (Wildman–Crippen MR) is 109 cm³/mol. The molecule has 3 aliphatic rings. The highest BCUT2D eigenvalue weighted by atomic mass is 19.4. The van der Waals surface area contributed by atoms with Crippen LogP contribution >= 0.6 is 0 Å². The maximum Gasteiger partial charge on any atom is 0.411 e. The van der Waals surface area contributed by atoms with Gasteiger partial charge in [0.25, 0.3) is 0 Å². The van der Waals surface area contributed by atoms with Crippen molar-refractivity contribution in [2.24, 2.45) is 0 Å². The van der Waals surface area contributed by atoms with E-state index < -0.39 is 12.8 Å². The van der Waals surface area contributed by atoms with Gasteiger partial charge >= 0.3 is 12.2 Å². The summed E-state index contributed by atoms with van der Waals surface area (Å²) in [6.07, 6.45) is -0.372. The molecule has 0 N–H and O–H groups in total. The second kappa shape index (κ2) is 8.27. The van der Waals surface area contributed by atoms with Gasteiger partial charge in [0.05, 0.1) is 12.1 Å². The quantitative estimate of drug-likeness (QED) is 0.701. The van der Waals surface area contributed by atoms with Gasteiger partial charge in [-0.3, -0.25) is 0 Å². The third-order valence-corrected chi connectivity index (χ3v) is 6.50. The summed E-state index contributed by atoms with van der Waals surface area (Å²) < 4.78 is 43.5. The van der Waals surface area contributed by atoms with Crippen molar-refractivity contribution >= 4 is 11.7 Å². The zero-order chi connectivity index (χ0) is 22.3. The summed E-state index contributed by atoms with van der Waals surface area (Å²) >= 11 is 0. The third-order valence-electron chi connectivity index (χ3n) is 6.50. The van der Waals surface area contributed by atoms with Gasteiger partial charge in [-0.25, -0.2) is 4.79 Å². The average Bonchev–Trinajstić information content (AvgIpc) is 3.37. The number of rotatable bonds is 5. The lowest BCUT2D eigenvalue weighted by atomic mass is 9.91. The summed E-state index contributed by atoms with van der Waals surface area (Å²) in [7, 11) is 0. The van der Waals surface area contributed by atoms with E-state index in [0.717, 1.165) is 18.7 Å². The molecule has 3 saturated heterocycles. The number of urea groups is 1. The van der Waals surface area contributed by atoms with Crippen LogP contribution in [-0.2, 0) is 4.74 Å². The Labute approximate surface area is 183 Å². The Morgan fingerprint density at radius 2 is 1.69 bits per heavy atom. The normalized spacial score (nSPS) is 22.2. The zero-order valence-electron chi connectivity index (χ0n) is 17.5. The minimum Gasteiger partial charge on any atom is -0.366 e. The van der Waals surface area contributed by atoms with Crippen LogP contribution in [0, 0.1) is 0 Å². The number of aromatic nitrogens is 3. The van der Waals surface area contributed by atoms with Gasteiger partial charge in [0.15, 0.2) is 0 Å². The Morgan fingerprint density at radius 1 is 1.00 bits per heavy atom. The predicted octanol–water partition coefficient (Wildman–Crippen LogP) is 2.51. The van der Waals surface area contributed by atoms with Crippen molar-refractivity contribution < 1.29 is 22.7 Å². The number of hydrogen-bond acceptors (Lipinski definition) is 5. The van der Waals surface area contributed by atoms with E-state index in [1.165, 1.54) is 5.56 Å². The van der Waals surface area contributed by atoms with Crippen LogP contribution in [0.25, 0.3) is 0 Å². The average molecular weight is 450 g/mol. The maximum atomic E-state index is 12.8. The van der Waals surface area contributed by atoms with E-state index in [0.29, 0.717) is 38.6 Å². The third kappa shape index (κ3) is 4.38. The first-order valence-corrected chi connectivity index (χ1v) is 10.8. The first-order valence-electron chi connectivity index (χ1n) is 10.8. The fourth-order valence-corrected chi connectivity index (χ4v) is 4.53. The van der Waals surface area contributed by atoms with Gasteiger partial charge in [-0.05, 0) is 24.1 Å². The number of anilines is 1. The summed E-state index contributed by atoms with van der Waals surface area (Å²) in [5, 5.41) is 7.68. The molecule has 8 nitrogen and oxygen atoms in total. The summed E-state index contributed by atoms with van der Waals surface area (Å²) in [6, 6.07) is 8.39. The van der Waals surface area contributed by atoms with E-state index in [4.69, 9.17) is 4.74 Å². The number of halogens is 3. The van der Waals surface area contributed by atoms with E-state index in [1.807, 2.05) is 43.5 Å². The Bertz CT molecular complexity index is 924. The molecule has 3 aliphatic heterocycles. The minimum absolute atomic E-state index is 0.0823. The second-order valence-electron chi connectivity index (χ2n) is 8.73. The van der Waals surface area contributed by atoms with Crippen LogP contribution in [0.1, 0.15) is 23.9 Å². The van der Waals surface area contributed by atoms with Gasteiger partial charge in [-0.2, -0.15) is 13.2 Å². The zero-order valence-corrected chi connectivity index (χ0v) is 17.5. The Kier molecular flexibility index (Phi) is 5.44. The lowest BCUT2D eigenvalue weighted by Gasteiger charge is -2.42. The molecular weight excluding hydrogens is 425 g/mol. The van der Waals surface area contributed by atoms with Gasteiger partial charge in [-0.1, -0.05) is 12.1 Å². The Balaban J connectivity index is 1.06. The molecule has 0 bridgehead atoms. The molecule has 4 heterocycles. The van der Waals surface area contributed by atoms with E-state index >= 15 is 0 Å². The van der Waals surface area contributed by atoms with Crippen LogP contribution in [0.15, 0.2) is 36.9 Å². The van der Waals surface area contributed by atoms with Crippen LogP contribution in [0.3, 0.4) is 0 Å². The number of benzene rings is 1. The molecule has 0 saturated carbocycles. The van der Waals surface area contributed by atoms with Crippen molar-refractivity contribution in [1.82, 2.24) is 24.6 Å². The van der Waals surface area contributed by atoms with E-state index in [2.05, 4.69) is 10.2 Å². The number of amides is 2. The highest BCUT2D eigenvalue weighted by molar-refractivity contribution is 5.76. The molecule has 2 amide bonds. The molecule has 1 atom stereocenters. The van der Waals surface area contributed by atoms with Gasteiger partial charge in [0.2, 0.25) is 0 Å². The number of likely N-dealkylation sites (tertiary alicyclic amines) is 2. The Hall–Kier alpha value is -2.82. The highest BCUT2D eigenvalue weighted by Gasteiger charge is 2.37. The molecule has 0 radical (unpaired) electrons. The van der Waals surface area contributed by atoms with Crippen LogP contribution < -0.4 is 4.90 Å². The first-order chi connectivity index (χ1) is 15.4. The summed E-state index contributed by atoms with van der Waals surface area (Å²) in [4.78, 5) is 18.6. The van der Waals surface area contributed by atoms with Gasteiger partial charge in [0.1, 0.15) is 19.3 Å². The fourth-order valence-electron chi connectivity index (χ4n) is 4.53. The van der Waals surface area contributed by atoms with Crippen molar-refractivity contribution in [2.45, 2.75) is 30.7 Å². The molecule has 11 heteroatoms. The summed E-state index contributed by atoms with van der Waals surface area (Å²) in [5.41, 5.74) is 2.15. The largest absolute Gasteiger partial charge is 0.411 e. The Morgan fingerprint density at radius 3 is 2.34 bits per heavy atom. The van der Waals surface area contributed by atoms with Crippen molar-refractivity contribution in [3.05, 3.63) is 42.5 Å². The molecule has 0 unspecified atom stereocenters. The fraction of sp³-hybridized carbons (Fsp3) is 0.571. The number of nitrogens with zero attached hydrogens (tertiary/aromatic N) is 6. The van der Waals surface area contributed by atoms with Crippen molar-refractivity contribution in [3.63, 3.8) is 0 Å². The van der Waals surface area contributed by atoms with E-state index in [1.54, 1.807) is 12.7 Å². The molecule has 3 fully saturated rings. The standard InChI is InChI=1S/C21H25F3N6O2/c22-21(23,24)12-32-19-10-28(11-19)17-3-1-15(2-4-17)16-7-29(8-16)20(31)27-6-5-18(9-27)30-13-25-26-14-30/h1-4,13-14,16,18-19H,5-12H2/t18-/m0/s1. The molecular formula is C21H25F3N6O2. The van der Waals surface area contributed by atoms with Crippen LogP contribution in [0.4, 0.5) is 23.7 Å². The highest BCUT2D eigenvalue weighted by Crippen LogP contribution is 2.32. The number of ether oxygens (including phenoxy) is 1. The molecule has 0 spiro atoms. The van der Waals surface area contributed by atoms with Gasteiger partial charge in [0, 0.05) is 50.9 Å². The van der Waals surface area contributed by atoms with Crippen molar-refractivity contribution in [3.8, 4) is 0 Å². The van der Waals surface area contributed by atoms with Gasteiger partial charge < -0.3 is 24.0 Å². The van der Waals surface area contributed by atoms with Crippen LogP contribution in [0.2, 0.25) is 0 Å². The van der Waals surface area contributed by atoms with Crippen molar-refractivity contribution in [1.29, 1.82) is 0 Å². The first kappa shape index (κ1) is 21.0. The van der Waals surface area contributed by atoms with E-state index in [-0.39, 0.29) is 18.2 Å². The van der Waals surface area contributed by atoms with Crippen LogP contribution in [0.5, 0.6) is 0 Å². The van der Waals surface area contributed by atoms with E-state index in [9.17, 15) is 18.0 Å². The lowest BCUT2D eigenvalue weighted by molar-refractivity contribution is -0.187. The molecule has 5 rings (SSSR count). The monoisotopic (exact) mass is 450 g/mol. The number of alkyl halides is 3. The smallest absolute Gasteiger partial charge is 0.366 e. The summed E-state index contributed by atoms with van der Waals surface area (Å²) in [6.45, 7) is 2.55. The number of hydrogen-bond donors (Lipinski definition) is 0. The van der Waals surface area contributed by atoms with Gasteiger partial charge in [-0.15, -0.1) is 10.2 Å². The molecule has 1 aromatic heterocycles.